The van der Waals surface area contributed by atoms with Gasteiger partial charge in [0, 0.05) is 6.07 Å². The number of ether oxygens (including phenoxy) is 2. The molecule has 0 fully saturated rings. The summed E-state index contributed by atoms with van der Waals surface area (Å²) in [5, 5.41) is 0. The van der Waals surface area contributed by atoms with Gasteiger partial charge in [0.05, 0.1) is 24.2 Å². The van der Waals surface area contributed by atoms with Gasteiger partial charge in [-0.2, -0.15) is 26.3 Å². The number of hydrogen-bond donors (Lipinski definition) is 0. The molecule has 0 amide bonds. The van der Waals surface area contributed by atoms with E-state index < -0.39 is 52.8 Å². The number of methoxy groups -OCH3 is 1. The molecule has 0 saturated heterocycles. The first-order valence-corrected chi connectivity index (χ1v) is 11.2. The molecule has 0 aliphatic rings. The lowest BCUT2D eigenvalue weighted by atomic mass is 9.88. The van der Waals surface area contributed by atoms with Crippen molar-refractivity contribution in [3.05, 3.63) is 82.9 Å². The van der Waals surface area contributed by atoms with Crippen LogP contribution in [-0.4, -0.2) is 13.1 Å². The summed E-state index contributed by atoms with van der Waals surface area (Å²) in [6, 6.07) is 7.13. The molecule has 3 rings (SSSR count). The Morgan fingerprint density at radius 3 is 1.82 bits per heavy atom. The molecular formula is C27H22F8O3. The van der Waals surface area contributed by atoms with Gasteiger partial charge in [0.25, 0.3) is 0 Å². The number of alkyl halides is 6. The van der Waals surface area contributed by atoms with Gasteiger partial charge in [-0.25, -0.2) is 8.78 Å². The summed E-state index contributed by atoms with van der Waals surface area (Å²) in [4.78, 5) is 12.6. The summed E-state index contributed by atoms with van der Waals surface area (Å²) < 4.78 is 118. The predicted molar refractivity (Wildman–Crippen MR) is 123 cm³/mol. The number of rotatable bonds is 7. The van der Waals surface area contributed by atoms with E-state index >= 15 is 0 Å². The highest BCUT2D eigenvalue weighted by atomic mass is 19.4. The van der Waals surface area contributed by atoms with Gasteiger partial charge in [-0.1, -0.05) is 19.9 Å². The van der Waals surface area contributed by atoms with Crippen LogP contribution in [0.15, 0.2) is 54.6 Å². The second-order valence-corrected chi connectivity index (χ2v) is 9.00. The van der Waals surface area contributed by atoms with E-state index in [1.807, 2.05) is 13.8 Å². The normalized spacial score (nSPS) is 12.9. The van der Waals surface area contributed by atoms with Crippen LogP contribution in [0, 0.1) is 17.6 Å². The highest BCUT2D eigenvalue weighted by molar-refractivity contribution is 5.79. The van der Waals surface area contributed by atoms with Crippen molar-refractivity contribution in [3.8, 4) is 22.6 Å². The van der Waals surface area contributed by atoms with Gasteiger partial charge in [-0.05, 0) is 71.5 Å². The second kappa shape index (κ2) is 11.0. The topological polar surface area (TPSA) is 35.5 Å². The van der Waals surface area contributed by atoms with Crippen molar-refractivity contribution in [2.75, 3.05) is 7.11 Å². The Morgan fingerprint density at radius 2 is 1.26 bits per heavy atom. The minimum absolute atomic E-state index is 0.0207. The Hall–Kier alpha value is -3.63. The molecule has 1 atom stereocenters. The molecule has 0 bridgehead atoms. The average Bonchev–Trinajstić information content (AvgIpc) is 2.80. The molecule has 1 unspecified atom stereocenters. The molecule has 204 valence electrons. The van der Waals surface area contributed by atoms with Gasteiger partial charge in [0.1, 0.15) is 23.1 Å². The molecule has 38 heavy (non-hydrogen) atoms. The summed E-state index contributed by atoms with van der Waals surface area (Å²) in [5.41, 5.74) is -2.65. The first-order valence-electron chi connectivity index (χ1n) is 11.2. The zero-order valence-electron chi connectivity index (χ0n) is 20.3. The highest BCUT2D eigenvalue weighted by Crippen LogP contribution is 2.39. The molecule has 0 radical (unpaired) electrons. The SMILES string of the molecule is COC(=O)C(CC(C)C)c1cc(Oc2cc(F)cc(C(F)(F)F)c2)cc(-c2cc(F)cc(C(F)(F)F)c2)c1. The first-order chi connectivity index (χ1) is 17.6. The number of carbonyl (C=O) groups is 1. The molecule has 0 aliphatic heterocycles. The molecule has 0 aliphatic carbocycles. The van der Waals surface area contributed by atoms with Gasteiger partial charge in [-0.15, -0.1) is 0 Å². The van der Waals surface area contributed by atoms with Gasteiger partial charge in [0.2, 0.25) is 0 Å². The van der Waals surface area contributed by atoms with Gasteiger partial charge in [-0.3, -0.25) is 4.79 Å². The van der Waals surface area contributed by atoms with Crippen molar-refractivity contribution in [3.63, 3.8) is 0 Å². The standard InChI is InChI=1S/C27H22F8O3/c1-14(2)4-24(25(36)37-3)17-5-15(16-6-18(26(30,31)32)10-20(28)7-16)8-22(9-17)38-23-12-19(27(33,34)35)11-21(29)13-23/h5-14,24H,4H2,1-3H3. The van der Waals surface area contributed by atoms with E-state index in [4.69, 9.17) is 9.47 Å². The van der Waals surface area contributed by atoms with E-state index in [2.05, 4.69) is 0 Å². The molecule has 3 nitrogen and oxygen atoms in total. The Balaban J connectivity index is 2.21. The number of esters is 1. The van der Waals surface area contributed by atoms with E-state index in [9.17, 15) is 39.9 Å². The monoisotopic (exact) mass is 546 g/mol. The summed E-state index contributed by atoms with van der Waals surface area (Å²) in [6.45, 7) is 3.62. The van der Waals surface area contributed by atoms with Crippen molar-refractivity contribution in [2.45, 2.75) is 38.5 Å². The molecule has 0 spiro atoms. The third kappa shape index (κ3) is 7.23. The van der Waals surface area contributed by atoms with Crippen LogP contribution < -0.4 is 4.74 Å². The number of benzene rings is 3. The Labute approximate surface area is 213 Å². The van der Waals surface area contributed by atoms with Crippen LogP contribution in [0.1, 0.15) is 42.9 Å². The lowest BCUT2D eigenvalue weighted by Gasteiger charge is -2.20. The predicted octanol–water partition coefficient (Wildman–Crippen LogP) is 8.76. The largest absolute Gasteiger partial charge is 0.469 e. The summed E-state index contributed by atoms with van der Waals surface area (Å²) in [6.07, 6.45) is -9.50. The Morgan fingerprint density at radius 1 is 0.737 bits per heavy atom. The lowest BCUT2D eigenvalue weighted by Crippen LogP contribution is -2.16. The Kier molecular flexibility index (Phi) is 8.38. The van der Waals surface area contributed by atoms with E-state index in [1.165, 1.54) is 12.1 Å². The average molecular weight is 546 g/mol. The number of hydrogen-bond acceptors (Lipinski definition) is 3. The Bertz CT molecular complexity index is 1310. The first kappa shape index (κ1) is 28.9. The fourth-order valence-corrected chi connectivity index (χ4v) is 3.87. The van der Waals surface area contributed by atoms with Crippen LogP contribution in [0.4, 0.5) is 35.1 Å². The molecule has 3 aromatic rings. The van der Waals surface area contributed by atoms with Crippen LogP contribution in [0.2, 0.25) is 0 Å². The van der Waals surface area contributed by atoms with E-state index in [0.717, 1.165) is 19.2 Å². The fourth-order valence-electron chi connectivity index (χ4n) is 3.87. The van der Waals surface area contributed by atoms with Crippen LogP contribution in [0.3, 0.4) is 0 Å². The van der Waals surface area contributed by atoms with E-state index in [-0.39, 0.29) is 40.8 Å². The second-order valence-electron chi connectivity index (χ2n) is 9.00. The maximum atomic E-state index is 14.2. The zero-order valence-corrected chi connectivity index (χ0v) is 20.3. The minimum Gasteiger partial charge on any atom is -0.469 e. The maximum absolute atomic E-state index is 14.2. The highest BCUT2D eigenvalue weighted by Gasteiger charge is 2.33. The molecular weight excluding hydrogens is 524 g/mol. The third-order valence-corrected chi connectivity index (χ3v) is 5.52. The van der Waals surface area contributed by atoms with Crippen LogP contribution in [0.5, 0.6) is 11.5 Å². The van der Waals surface area contributed by atoms with Crippen molar-refractivity contribution < 1.29 is 49.4 Å². The fraction of sp³-hybridized carbons (Fsp3) is 0.296. The van der Waals surface area contributed by atoms with Crippen LogP contribution >= 0.6 is 0 Å². The maximum Gasteiger partial charge on any atom is 0.416 e. The molecule has 0 saturated carbocycles. The smallest absolute Gasteiger partial charge is 0.416 e. The molecule has 0 heterocycles. The lowest BCUT2D eigenvalue weighted by molar-refractivity contribution is -0.143. The van der Waals surface area contributed by atoms with E-state index in [1.54, 1.807) is 0 Å². The van der Waals surface area contributed by atoms with Crippen molar-refractivity contribution in [1.82, 2.24) is 0 Å². The third-order valence-electron chi connectivity index (χ3n) is 5.52. The number of carbonyl (C=O) groups excluding carboxylic acids is 1. The van der Waals surface area contributed by atoms with Gasteiger partial charge < -0.3 is 9.47 Å². The summed E-state index contributed by atoms with van der Waals surface area (Å²) >= 11 is 0. The van der Waals surface area contributed by atoms with Crippen LogP contribution in [-0.2, 0) is 21.9 Å². The zero-order chi connectivity index (χ0) is 28.4. The quantitative estimate of drug-likeness (QED) is 0.220. The molecule has 0 N–H and O–H groups in total. The van der Waals surface area contributed by atoms with E-state index in [0.29, 0.717) is 24.3 Å². The van der Waals surface area contributed by atoms with Crippen LogP contribution in [0.25, 0.3) is 11.1 Å². The summed E-state index contributed by atoms with van der Waals surface area (Å²) in [7, 11) is 1.14. The van der Waals surface area contributed by atoms with Crippen molar-refractivity contribution >= 4 is 5.97 Å². The molecule has 11 heteroatoms. The summed E-state index contributed by atoms with van der Waals surface area (Å²) in [5.74, 6) is -4.84. The van der Waals surface area contributed by atoms with Gasteiger partial charge >= 0.3 is 18.3 Å². The molecule has 3 aromatic carbocycles. The molecule has 0 aromatic heterocycles. The van der Waals surface area contributed by atoms with Crippen molar-refractivity contribution in [1.29, 1.82) is 0 Å². The van der Waals surface area contributed by atoms with Crippen molar-refractivity contribution in [2.24, 2.45) is 5.92 Å². The van der Waals surface area contributed by atoms with Gasteiger partial charge in [0.15, 0.2) is 0 Å². The number of halogens is 8. The minimum atomic E-state index is -4.88.